The van der Waals surface area contributed by atoms with Crippen LogP contribution in [0.5, 0.6) is 0 Å². The summed E-state index contributed by atoms with van der Waals surface area (Å²) in [5.41, 5.74) is 14.3. The summed E-state index contributed by atoms with van der Waals surface area (Å²) < 4.78 is 63.2. The van der Waals surface area contributed by atoms with Gasteiger partial charge in [-0.15, -0.1) is 0 Å². The third-order valence-electron chi connectivity index (χ3n) is 2.33. The second-order valence-corrected chi connectivity index (χ2v) is 6.97. The van der Waals surface area contributed by atoms with Gasteiger partial charge < -0.3 is 11.5 Å². The minimum atomic E-state index is -4.67. The van der Waals surface area contributed by atoms with Crippen molar-refractivity contribution in [1.29, 1.82) is 0 Å². The van der Waals surface area contributed by atoms with E-state index in [9.17, 15) is 0 Å². The van der Waals surface area contributed by atoms with Gasteiger partial charge in [0.05, 0.1) is 21.4 Å². The van der Waals surface area contributed by atoms with Gasteiger partial charge in [0.1, 0.15) is 0 Å². The molecule has 0 heterocycles. The van der Waals surface area contributed by atoms with Crippen LogP contribution in [0.25, 0.3) is 11.1 Å². The minimum Gasteiger partial charge on any atom is -0.398 e. The first kappa shape index (κ1) is 24.4. The van der Waals surface area contributed by atoms with E-state index in [4.69, 9.17) is 69.7 Å². The Hall–Kier alpha value is -1.64. The van der Waals surface area contributed by atoms with Crippen LogP contribution in [0.1, 0.15) is 0 Å². The SMILES string of the molecule is Nc1ccc(-c2ccc(N)c(Cl)c2)cc1Cl.O=S(=O)(O)O.O=S(=O)(O)O. The van der Waals surface area contributed by atoms with Crippen LogP contribution >= 0.6 is 23.2 Å². The first-order valence-electron chi connectivity index (χ1n) is 6.08. The molecule has 0 aliphatic rings. The molecule has 0 saturated carbocycles. The molecule has 0 bridgehead atoms. The zero-order valence-corrected chi connectivity index (χ0v) is 15.8. The van der Waals surface area contributed by atoms with Crippen molar-refractivity contribution in [3.05, 3.63) is 46.4 Å². The van der Waals surface area contributed by atoms with Gasteiger partial charge in [0, 0.05) is 0 Å². The van der Waals surface area contributed by atoms with Crippen LogP contribution in [-0.4, -0.2) is 35.0 Å². The molecule has 2 aromatic carbocycles. The van der Waals surface area contributed by atoms with E-state index < -0.39 is 20.8 Å². The molecule has 0 radical (unpaired) electrons. The smallest absolute Gasteiger partial charge is 0.394 e. The van der Waals surface area contributed by atoms with Gasteiger partial charge >= 0.3 is 20.8 Å². The highest BCUT2D eigenvalue weighted by Gasteiger charge is 2.03. The van der Waals surface area contributed by atoms with Gasteiger partial charge in [0.15, 0.2) is 0 Å². The molecule has 0 amide bonds. The van der Waals surface area contributed by atoms with Crippen LogP contribution in [0.3, 0.4) is 0 Å². The van der Waals surface area contributed by atoms with Crippen LogP contribution < -0.4 is 11.5 Å². The minimum absolute atomic E-state index is 0.533. The molecule has 0 unspecified atom stereocenters. The molecule has 0 saturated heterocycles. The Morgan fingerprint density at radius 2 is 0.885 bits per heavy atom. The van der Waals surface area contributed by atoms with Gasteiger partial charge in [-0.25, -0.2) is 0 Å². The van der Waals surface area contributed by atoms with Gasteiger partial charge in [-0.05, 0) is 35.4 Å². The Bertz CT molecular complexity index is 870. The predicted molar refractivity (Wildman–Crippen MR) is 99.1 cm³/mol. The lowest BCUT2D eigenvalue weighted by atomic mass is 10.1. The largest absolute Gasteiger partial charge is 0.398 e. The van der Waals surface area contributed by atoms with Gasteiger partial charge in [-0.2, -0.15) is 16.8 Å². The van der Waals surface area contributed by atoms with Crippen molar-refractivity contribution < 1.29 is 35.0 Å². The number of halogens is 2. The summed E-state index contributed by atoms with van der Waals surface area (Å²) in [7, 11) is -9.33. The molecular weight excluding hydrogens is 435 g/mol. The monoisotopic (exact) mass is 448 g/mol. The zero-order chi connectivity index (χ0) is 20.7. The highest BCUT2D eigenvalue weighted by atomic mass is 35.5. The highest BCUT2D eigenvalue weighted by Crippen LogP contribution is 2.30. The summed E-state index contributed by atoms with van der Waals surface area (Å²) in [5.74, 6) is 0. The highest BCUT2D eigenvalue weighted by molar-refractivity contribution is 7.80. The number of benzene rings is 2. The molecule has 0 aliphatic carbocycles. The lowest BCUT2D eigenvalue weighted by Crippen LogP contribution is -1.89. The van der Waals surface area contributed by atoms with Crippen LogP contribution in [0.4, 0.5) is 11.4 Å². The van der Waals surface area contributed by atoms with Gasteiger partial charge in [0.25, 0.3) is 0 Å². The molecule has 8 N–H and O–H groups in total. The lowest BCUT2D eigenvalue weighted by Gasteiger charge is -2.06. The maximum Gasteiger partial charge on any atom is 0.394 e. The lowest BCUT2D eigenvalue weighted by molar-refractivity contribution is 0.378. The molecule has 14 heteroatoms. The van der Waals surface area contributed by atoms with Crippen LogP contribution in [0.2, 0.25) is 10.0 Å². The number of hydrogen-bond acceptors (Lipinski definition) is 6. The normalized spacial score (nSPS) is 10.8. The van der Waals surface area contributed by atoms with E-state index in [1.54, 1.807) is 24.3 Å². The van der Waals surface area contributed by atoms with Gasteiger partial charge in [-0.3, -0.25) is 18.2 Å². The molecule has 26 heavy (non-hydrogen) atoms. The Morgan fingerprint density at radius 1 is 0.654 bits per heavy atom. The molecule has 146 valence electrons. The van der Waals surface area contributed by atoms with Crippen molar-refractivity contribution in [2.45, 2.75) is 0 Å². The van der Waals surface area contributed by atoms with Crippen molar-refractivity contribution in [2.75, 3.05) is 11.5 Å². The summed E-state index contributed by atoms with van der Waals surface area (Å²) in [4.78, 5) is 0. The summed E-state index contributed by atoms with van der Waals surface area (Å²) in [5, 5.41) is 1.07. The standard InChI is InChI=1S/C12H10Cl2N2.2H2O4S/c13-9-5-7(1-3-11(9)15)8-2-4-12(16)10(14)6-8;2*1-5(2,3)4/h1-6H,15-16H2;2*(H2,1,2,3,4). The summed E-state index contributed by atoms with van der Waals surface area (Å²) in [6, 6.07) is 10.9. The summed E-state index contributed by atoms with van der Waals surface area (Å²) in [6.45, 7) is 0. The number of hydrogen-bond donors (Lipinski definition) is 6. The van der Waals surface area contributed by atoms with E-state index in [2.05, 4.69) is 0 Å². The third-order valence-corrected chi connectivity index (χ3v) is 2.99. The Balaban J connectivity index is 0.000000520. The van der Waals surface area contributed by atoms with Crippen molar-refractivity contribution >= 4 is 55.4 Å². The second kappa shape index (κ2) is 9.89. The Morgan fingerprint density at radius 3 is 1.08 bits per heavy atom. The van der Waals surface area contributed by atoms with Crippen molar-refractivity contribution in [1.82, 2.24) is 0 Å². The molecule has 2 aromatic rings. The quantitative estimate of drug-likeness (QED) is 0.277. The van der Waals surface area contributed by atoms with Crippen molar-refractivity contribution in [2.24, 2.45) is 0 Å². The number of anilines is 2. The van der Waals surface area contributed by atoms with E-state index in [0.29, 0.717) is 21.4 Å². The molecule has 0 aromatic heterocycles. The van der Waals surface area contributed by atoms with Crippen molar-refractivity contribution in [3.63, 3.8) is 0 Å². The van der Waals surface area contributed by atoms with E-state index >= 15 is 0 Å². The summed E-state index contributed by atoms with van der Waals surface area (Å²) in [6.07, 6.45) is 0. The predicted octanol–water partition coefficient (Wildman–Crippen LogP) is 2.52. The fourth-order valence-corrected chi connectivity index (χ4v) is 1.77. The van der Waals surface area contributed by atoms with Gasteiger partial charge in [-0.1, -0.05) is 35.3 Å². The van der Waals surface area contributed by atoms with E-state index in [0.717, 1.165) is 11.1 Å². The van der Waals surface area contributed by atoms with E-state index in [-0.39, 0.29) is 0 Å². The average Bonchev–Trinajstić information content (AvgIpc) is 2.41. The number of rotatable bonds is 1. The molecule has 10 nitrogen and oxygen atoms in total. The van der Waals surface area contributed by atoms with Gasteiger partial charge in [0.2, 0.25) is 0 Å². The zero-order valence-electron chi connectivity index (χ0n) is 12.6. The fraction of sp³-hybridized carbons (Fsp3) is 0. The average molecular weight is 449 g/mol. The van der Waals surface area contributed by atoms with Crippen molar-refractivity contribution in [3.8, 4) is 11.1 Å². The molecule has 0 atom stereocenters. The third kappa shape index (κ3) is 12.7. The fourth-order valence-electron chi connectivity index (χ4n) is 1.41. The first-order valence-corrected chi connectivity index (χ1v) is 9.63. The van der Waals surface area contributed by atoms with E-state index in [1.165, 1.54) is 0 Å². The number of nitrogen functional groups attached to an aromatic ring is 2. The molecule has 0 fully saturated rings. The Kier molecular flexibility index (Phi) is 9.27. The second-order valence-electron chi connectivity index (χ2n) is 4.37. The maximum absolute atomic E-state index is 8.74. The van der Waals surface area contributed by atoms with Crippen LogP contribution in [-0.2, 0) is 20.8 Å². The summed E-state index contributed by atoms with van der Waals surface area (Å²) >= 11 is 11.9. The topological polar surface area (TPSA) is 201 Å². The number of nitrogens with two attached hydrogens (primary N) is 2. The molecule has 0 spiro atoms. The Labute approximate surface area is 159 Å². The van der Waals surface area contributed by atoms with Crippen LogP contribution in [0, 0.1) is 0 Å². The van der Waals surface area contributed by atoms with E-state index in [1.807, 2.05) is 12.1 Å². The molecular formula is C12H14Cl2N2O8S2. The molecule has 0 aliphatic heterocycles. The molecule has 2 rings (SSSR count). The first-order chi connectivity index (χ1) is 11.6. The maximum atomic E-state index is 8.74. The van der Waals surface area contributed by atoms with Crippen LogP contribution in [0.15, 0.2) is 36.4 Å².